The lowest BCUT2D eigenvalue weighted by atomic mass is 9.94. The largest absolute Gasteiger partial charge is 0.407 e. The number of hydrogen-bond donors (Lipinski definition) is 2. The summed E-state index contributed by atoms with van der Waals surface area (Å²) < 4.78 is 10.9. The van der Waals surface area contributed by atoms with E-state index in [1.165, 1.54) is 0 Å². The van der Waals surface area contributed by atoms with Gasteiger partial charge in [0.05, 0.1) is 12.1 Å². The molecule has 16 heavy (non-hydrogen) atoms. The zero-order valence-electron chi connectivity index (χ0n) is 9.69. The molecule has 0 saturated carbocycles. The Morgan fingerprint density at radius 3 is 2.94 bits per heavy atom. The van der Waals surface area contributed by atoms with Crippen molar-refractivity contribution in [2.75, 3.05) is 11.9 Å². The summed E-state index contributed by atoms with van der Waals surface area (Å²) in [6, 6.07) is 0.762. The van der Waals surface area contributed by atoms with E-state index >= 15 is 0 Å². The molecule has 1 aliphatic rings. The summed E-state index contributed by atoms with van der Waals surface area (Å²) in [5, 5.41) is 10.9. The molecule has 1 aromatic heterocycles. The minimum absolute atomic E-state index is 0.0906. The summed E-state index contributed by atoms with van der Waals surface area (Å²) in [5.41, 5.74) is 5.30. The minimum atomic E-state index is -0.0906. The van der Waals surface area contributed by atoms with E-state index < -0.39 is 0 Å². The summed E-state index contributed by atoms with van der Waals surface area (Å²) in [6.45, 7) is 5.19. The van der Waals surface area contributed by atoms with Crippen LogP contribution in [0.3, 0.4) is 0 Å². The number of nitrogens with zero attached hydrogens (tertiary/aromatic N) is 2. The average Bonchev–Trinajstić information content (AvgIpc) is 2.64. The number of aromatic nitrogens is 2. The molecule has 0 bridgehead atoms. The van der Waals surface area contributed by atoms with Crippen molar-refractivity contribution in [3.05, 3.63) is 5.89 Å². The van der Waals surface area contributed by atoms with E-state index in [4.69, 9.17) is 14.9 Å². The normalized spacial score (nSPS) is 24.3. The van der Waals surface area contributed by atoms with Gasteiger partial charge in [0, 0.05) is 12.6 Å². The molecular weight excluding hydrogens is 208 g/mol. The van der Waals surface area contributed by atoms with Gasteiger partial charge in [-0.25, -0.2) is 0 Å². The van der Waals surface area contributed by atoms with Gasteiger partial charge >= 0.3 is 6.01 Å². The van der Waals surface area contributed by atoms with Crippen LogP contribution in [-0.4, -0.2) is 28.4 Å². The molecule has 0 spiro atoms. The number of rotatable bonds is 3. The zero-order chi connectivity index (χ0) is 11.6. The maximum absolute atomic E-state index is 5.63. The summed E-state index contributed by atoms with van der Waals surface area (Å²) in [4.78, 5) is 0. The standard InChI is InChI=1S/C10H18N4O2/c1-10(2)5-7(3-4-15-10)12-9-14-13-8(6-11)16-9/h7H,3-6,11H2,1-2H3,(H,12,14). The predicted molar refractivity (Wildman–Crippen MR) is 58.9 cm³/mol. The fourth-order valence-corrected chi connectivity index (χ4v) is 1.92. The number of ether oxygens (including phenoxy) is 1. The van der Waals surface area contributed by atoms with Gasteiger partial charge in [0.1, 0.15) is 0 Å². The van der Waals surface area contributed by atoms with E-state index in [9.17, 15) is 0 Å². The second-order valence-electron chi connectivity index (χ2n) is 4.65. The van der Waals surface area contributed by atoms with Crippen LogP contribution in [0.1, 0.15) is 32.6 Å². The van der Waals surface area contributed by atoms with E-state index in [1.807, 2.05) is 0 Å². The first kappa shape index (κ1) is 11.3. The molecule has 6 heteroatoms. The van der Waals surface area contributed by atoms with Crippen molar-refractivity contribution in [3.8, 4) is 0 Å². The number of nitrogens with one attached hydrogen (secondary N) is 1. The summed E-state index contributed by atoms with van der Waals surface area (Å²) in [7, 11) is 0. The quantitative estimate of drug-likeness (QED) is 0.796. The molecule has 0 aromatic carbocycles. The highest BCUT2D eigenvalue weighted by atomic mass is 16.5. The first-order valence-corrected chi connectivity index (χ1v) is 5.52. The molecule has 1 aliphatic heterocycles. The van der Waals surface area contributed by atoms with Crippen LogP contribution in [0.2, 0.25) is 0 Å². The smallest absolute Gasteiger partial charge is 0.315 e. The fourth-order valence-electron chi connectivity index (χ4n) is 1.92. The summed E-state index contributed by atoms with van der Waals surface area (Å²) >= 11 is 0. The average molecular weight is 226 g/mol. The van der Waals surface area contributed by atoms with Gasteiger partial charge in [-0.15, -0.1) is 5.10 Å². The third kappa shape index (κ3) is 2.70. The van der Waals surface area contributed by atoms with Gasteiger partial charge in [-0.1, -0.05) is 5.10 Å². The Kier molecular flexibility index (Phi) is 3.11. The summed E-state index contributed by atoms with van der Waals surface area (Å²) in [6.07, 6.45) is 1.87. The van der Waals surface area contributed by atoms with E-state index in [1.54, 1.807) is 0 Å². The predicted octanol–water partition coefficient (Wildman–Crippen LogP) is 0.898. The van der Waals surface area contributed by atoms with Gasteiger partial charge in [0.2, 0.25) is 5.89 Å². The molecule has 6 nitrogen and oxygen atoms in total. The van der Waals surface area contributed by atoms with Crippen LogP contribution < -0.4 is 11.1 Å². The van der Waals surface area contributed by atoms with Gasteiger partial charge in [-0.05, 0) is 26.7 Å². The monoisotopic (exact) mass is 226 g/mol. The molecule has 0 amide bonds. The van der Waals surface area contributed by atoms with E-state index in [-0.39, 0.29) is 12.1 Å². The SMILES string of the molecule is CC1(C)CC(Nc2nnc(CN)o2)CCO1. The van der Waals surface area contributed by atoms with Crippen LogP contribution in [-0.2, 0) is 11.3 Å². The molecule has 1 atom stereocenters. The van der Waals surface area contributed by atoms with Gasteiger partial charge in [0.15, 0.2) is 0 Å². The molecule has 3 N–H and O–H groups in total. The Morgan fingerprint density at radius 2 is 2.31 bits per heavy atom. The van der Waals surface area contributed by atoms with Crippen LogP contribution in [0.15, 0.2) is 4.42 Å². The lowest BCUT2D eigenvalue weighted by Gasteiger charge is -2.35. The van der Waals surface area contributed by atoms with Crippen LogP contribution in [0, 0.1) is 0 Å². The number of hydrogen-bond acceptors (Lipinski definition) is 6. The minimum Gasteiger partial charge on any atom is -0.407 e. The highest BCUT2D eigenvalue weighted by Gasteiger charge is 2.29. The molecule has 1 saturated heterocycles. The molecule has 0 aliphatic carbocycles. The van der Waals surface area contributed by atoms with Crippen molar-refractivity contribution in [2.45, 2.75) is 44.9 Å². The van der Waals surface area contributed by atoms with Crippen molar-refractivity contribution in [1.29, 1.82) is 0 Å². The molecule has 1 aromatic rings. The molecule has 2 heterocycles. The second kappa shape index (κ2) is 4.39. The number of nitrogens with two attached hydrogens (primary N) is 1. The first-order chi connectivity index (χ1) is 7.59. The van der Waals surface area contributed by atoms with E-state index in [0.29, 0.717) is 17.9 Å². The Bertz CT molecular complexity index is 350. The third-order valence-corrected chi connectivity index (χ3v) is 2.67. The van der Waals surface area contributed by atoms with Gasteiger partial charge in [-0.3, -0.25) is 0 Å². The Balaban J connectivity index is 1.94. The van der Waals surface area contributed by atoms with Gasteiger partial charge in [0.25, 0.3) is 0 Å². The highest BCUT2D eigenvalue weighted by Crippen LogP contribution is 2.25. The lowest BCUT2D eigenvalue weighted by molar-refractivity contribution is -0.0555. The number of anilines is 1. The van der Waals surface area contributed by atoms with E-state index in [0.717, 1.165) is 19.4 Å². The molecule has 90 valence electrons. The highest BCUT2D eigenvalue weighted by molar-refractivity contribution is 5.20. The third-order valence-electron chi connectivity index (χ3n) is 2.67. The lowest BCUT2D eigenvalue weighted by Crippen LogP contribution is -2.40. The molecule has 2 rings (SSSR count). The Morgan fingerprint density at radius 1 is 1.50 bits per heavy atom. The molecule has 1 unspecified atom stereocenters. The molecular formula is C10H18N4O2. The van der Waals surface area contributed by atoms with Gasteiger partial charge < -0.3 is 20.2 Å². The fraction of sp³-hybridized carbons (Fsp3) is 0.800. The first-order valence-electron chi connectivity index (χ1n) is 5.52. The van der Waals surface area contributed by atoms with Crippen LogP contribution in [0.5, 0.6) is 0 Å². The van der Waals surface area contributed by atoms with Crippen molar-refractivity contribution < 1.29 is 9.15 Å². The van der Waals surface area contributed by atoms with Gasteiger partial charge in [-0.2, -0.15) is 0 Å². The van der Waals surface area contributed by atoms with E-state index in [2.05, 4.69) is 29.4 Å². The van der Waals surface area contributed by atoms with Crippen LogP contribution >= 0.6 is 0 Å². The van der Waals surface area contributed by atoms with Crippen molar-refractivity contribution in [2.24, 2.45) is 5.73 Å². The zero-order valence-corrected chi connectivity index (χ0v) is 9.69. The maximum atomic E-state index is 5.63. The summed E-state index contributed by atoms with van der Waals surface area (Å²) in [5.74, 6) is 0.453. The van der Waals surface area contributed by atoms with Crippen molar-refractivity contribution in [3.63, 3.8) is 0 Å². The Labute approximate surface area is 94.6 Å². The van der Waals surface area contributed by atoms with Crippen LogP contribution in [0.4, 0.5) is 6.01 Å². The second-order valence-corrected chi connectivity index (χ2v) is 4.65. The van der Waals surface area contributed by atoms with Crippen molar-refractivity contribution >= 4 is 6.01 Å². The topological polar surface area (TPSA) is 86.2 Å². The molecule has 0 radical (unpaired) electrons. The molecule has 1 fully saturated rings. The Hall–Kier alpha value is -1.14. The van der Waals surface area contributed by atoms with Crippen LogP contribution in [0.25, 0.3) is 0 Å². The van der Waals surface area contributed by atoms with Crippen molar-refractivity contribution in [1.82, 2.24) is 10.2 Å². The maximum Gasteiger partial charge on any atom is 0.315 e.